The molecule has 1 aromatic carbocycles. The van der Waals surface area contributed by atoms with E-state index >= 15 is 0 Å². The van der Waals surface area contributed by atoms with E-state index in [1.54, 1.807) is 0 Å². The lowest BCUT2D eigenvalue weighted by atomic mass is 9.82. The van der Waals surface area contributed by atoms with Crippen LogP contribution in [-0.2, 0) is 14.3 Å². The lowest BCUT2D eigenvalue weighted by molar-refractivity contribution is -0.156. The SMILES string of the molecule is C[C@H](c1ccccc1)N1C[C@H]2C(=O)OC(=O)[C@@]2(C)C1. The Morgan fingerprint density at radius 2 is 2.00 bits per heavy atom. The van der Waals surface area contributed by atoms with Crippen LogP contribution in [0.1, 0.15) is 25.5 Å². The lowest BCUT2D eigenvalue weighted by Gasteiger charge is -2.26. The number of nitrogens with zero attached hydrogens (tertiary/aromatic N) is 1. The molecule has 0 N–H and O–H groups in total. The molecule has 2 saturated heterocycles. The molecule has 0 aliphatic carbocycles. The van der Waals surface area contributed by atoms with Gasteiger partial charge in [-0.3, -0.25) is 14.5 Å². The van der Waals surface area contributed by atoms with Crippen LogP contribution in [0.4, 0.5) is 0 Å². The molecule has 2 fully saturated rings. The Hall–Kier alpha value is -1.68. The Kier molecular flexibility index (Phi) is 2.71. The number of rotatable bonds is 2. The first-order valence-electron chi connectivity index (χ1n) is 6.57. The lowest BCUT2D eigenvalue weighted by Crippen LogP contribution is -2.32. The van der Waals surface area contributed by atoms with Crippen LogP contribution >= 0.6 is 0 Å². The quantitative estimate of drug-likeness (QED) is 0.600. The number of fused-ring (bicyclic) bond motifs is 1. The highest BCUT2D eigenvalue weighted by Crippen LogP contribution is 2.45. The van der Waals surface area contributed by atoms with Gasteiger partial charge in [0.2, 0.25) is 0 Å². The van der Waals surface area contributed by atoms with Crippen molar-refractivity contribution in [3.8, 4) is 0 Å². The molecule has 19 heavy (non-hydrogen) atoms. The summed E-state index contributed by atoms with van der Waals surface area (Å²) in [6.45, 7) is 5.12. The molecule has 100 valence electrons. The zero-order chi connectivity index (χ0) is 13.6. The van der Waals surface area contributed by atoms with E-state index in [-0.39, 0.29) is 23.9 Å². The molecule has 1 aromatic rings. The van der Waals surface area contributed by atoms with E-state index in [4.69, 9.17) is 4.74 Å². The third kappa shape index (κ3) is 1.78. The van der Waals surface area contributed by atoms with Crippen molar-refractivity contribution in [3.05, 3.63) is 35.9 Å². The number of likely N-dealkylation sites (tertiary alicyclic amines) is 1. The Labute approximate surface area is 112 Å². The van der Waals surface area contributed by atoms with Gasteiger partial charge in [-0.2, -0.15) is 0 Å². The number of cyclic esters (lactones) is 2. The van der Waals surface area contributed by atoms with E-state index < -0.39 is 5.41 Å². The molecule has 0 aromatic heterocycles. The summed E-state index contributed by atoms with van der Waals surface area (Å²) in [7, 11) is 0. The fourth-order valence-electron chi connectivity index (χ4n) is 3.09. The van der Waals surface area contributed by atoms with Crippen LogP contribution in [0, 0.1) is 11.3 Å². The molecule has 2 aliphatic rings. The van der Waals surface area contributed by atoms with Crippen LogP contribution in [0.3, 0.4) is 0 Å². The normalized spacial score (nSPS) is 32.2. The second kappa shape index (κ2) is 4.17. The zero-order valence-electron chi connectivity index (χ0n) is 11.1. The molecular formula is C15H17NO3. The van der Waals surface area contributed by atoms with Gasteiger partial charge in [0.15, 0.2) is 0 Å². The average Bonchev–Trinajstić information content (AvgIpc) is 2.86. The van der Waals surface area contributed by atoms with Crippen molar-refractivity contribution in [1.82, 2.24) is 4.90 Å². The molecule has 2 aliphatic heterocycles. The predicted molar refractivity (Wildman–Crippen MR) is 69.1 cm³/mol. The highest BCUT2D eigenvalue weighted by molar-refractivity contribution is 5.99. The largest absolute Gasteiger partial charge is 0.392 e. The maximum Gasteiger partial charge on any atom is 0.321 e. The van der Waals surface area contributed by atoms with Crippen LogP contribution in [0.5, 0.6) is 0 Å². The number of hydrogen-bond donors (Lipinski definition) is 0. The average molecular weight is 259 g/mol. The number of esters is 2. The van der Waals surface area contributed by atoms with Crippen LogP contribution in [0.25, 0.3) is 0 Å². The van der Waals surface area contributed by atoms with Crippen LogP contribution in [0.2, 0.25) is 0 Å². The molecule has 0 amide bonds. The van der Waals surface area contributed by atoms with Crippen molar-refractivity contribution in [3.63, 3.8) is 0 Å². The van der Waals surface area contributed by atoms with Gasteiger partial charge in [-0.05, 0) is 19.4 Å². The van der Waals surface area contributed by atoms with E-state index in [1.165, 1.54) is 5.56 Å². The highest BCUT2D eigenvalue weighted by atomic mass is 16.6. The molecule has 0 spiro atoms. The molecule has 0 unspecified atom stereocenters. The van der Waals surface area contributed by atoms with Crippen molar-refractivity contribution in [2.45, 2.75) is 19.9 Å². The van der Waals surface area contributed by atoms with Crippen LogP contribution in [0.15, 0.2) is 30.3 Å². The molecule has 0 radical (unpaired) electrons. The van der Waals surface area contributed by atoms with E-state index in [2.05, 4.69) is 24.0 Å². The van der Waals surface area contributed by atoms with Gasteiger partial charge in [-0.15, -0.1) is 0 Å². The smallest absolute Gasteiger partial charge is 0.321 e. The van der Waals surface area contributed by atoms with Crippen molar-refractivity contribution in [2.75, 3.05) is 13.1 Å². The zero-order valence-corrected chi connectivity index (χ0v) is 11.1. The maximum atomic E-state index is 11.8. The minimum Gasteiger partial charge on any atom is -0.392 e. The van der Waals surface area contributed by atoms with Crippen molar-refractivity contribution in [1.29, 1.82) is 0 Å². The number of ether oxygens (including phenoxy) is 1. The van der Waals surface area contributed by atoms with Gasteiger partial charge < -0.3 is 4.74 Å². The molecule has 4 nitrogen and oxygen atoms in total. The van der Waals surface area contributed by atoms with Crippen LogP contribution < -0.4 is 0 Å². The van der Waals surface area contributed by atoms with Gasteiger partial charge >= 0.3 is 11.9 Å². The molecule has 0 saturated carbocycles. The Morgan fingerprint density at radius 3 is 2.63 bits per heavy atom. The predicted octanol–water partition coefficient (Wildman–Crippen LogP) is 1.77. The first-order chi connectivity index (χ1) is 9.02. The fourth-order valence-corrected chi connectivity index (χ4v) is 3.09. The molecule has 0 bridgehead atoms. The third-order valence-corrected chi connectivity index (χ3v) is 4.49. The van der Waals surface area contributed by atoms with Gasteiger partial charge in [-0.25, -0.2) is 0 Å². The molecule has 3 atom stereocenters. The molecule has 3 rings (SSSR count). The summed E-state index contributed by atoms with van der Waals surface area (Å²) in [5, 5.41) is 0. The van der Waals surface area contributed by atoms with E-state index in [0.29, 0.717) is 13.1 Å². The van der Waals surface area contributed by atoms with E-state index in [9.17, 15) is 9.59 Å². The van der Waals surface area contributed by atoms with E-state index in [1.807, 2.05) is 25.1 Å². The fraction of sp³-hybridized carbons (Fsp3) is 0.467. The Balaban J connectivity index is 1.83. The summed E-state index contributed by atoms with van der Waals surface area (Å²) in [5.41, 5.74) is 0.534. The monoisotopic (exact) mass is 259 g/mol. The second-order valence-electron chi connectivity index (χ2n) is 5.69. The number of carbonyl (C=O) groups excluding carboxylic acids is 2. The summed E-state index contributed by atoms with van der Waals surface area (Å²) in [6.07, 6.45) is 0. The first-order valence-corrected chi connectivity index (χ1v) is 6.57. The second-order valence-corrected chi connectivity index (χ2v) is 5.69. The van der Waals surface area contributed by atoms with Gasteiger partial charge in [0.1, 0.15) is 0 Å². The van der Waals surface area contributed by atoms with Gasteiger partial charge in [0, 0.05) is 19.1 Å². The molecular weight excluding hydrogens is 242 g/mol. The van der Waals surface area contributed by atoms with Gasteiger partial charge in [-0.1, -0.05) is 30.3 Å². The Morgan fingerprint density at radius 1 is 1.32 bits per heavy atom. The van der Waals surface area contributed by atoms with Crippen molar-refractivity contribution >= 4 is 11.9 Å². The number of benzene rings is 1. The minimum absolute atomic E-state index is 0.198. The summed E-state index contributed by atoms with van der Waals surface area (Å²) in [5.74, 6) is -1.05. The van der Waals surface area contributed by atoms with Gasteiger partial charge in [0.25, 0.3) is 0 Å². The third-order valence-electron chi connectivity index (χ3n) is 4.49. The van der Waals surface area contributed by atoms with Crippen LogP contribution in [-0.4, -0.2) is 29.9 Å². The molecule has 4 heteroatoms. The topological polar surface area (TPSA) is 46.6 Å². The number of hydrogen-bond acceptors (Lipinski definition) is 4. The molecule has 2 heterocycles. The highest BCUT2D eigenvalue weighted by Gasteiger charge is 2.60. The standard InChI is InChI=1S/C15H17NO3/c1-10(11-6-4-3-5-7-11)16-8-12-13(17)19-14(18)15(12,2)9-16/h3-7,10,12H,8-9H2,1-2H3/t10-,12+,15+/m1/s1. The summed E-state index contributed by atoms with van der Waals surface area (Å²) < 4.78 is 4.76. The maximum absolute atomic E-state index is 11.8. The summed E-state index contributed by atoms with van der Waals surface area (Å²) in [4.78, 5) is 25.7. The van der Waals surface area contributed by atoms with E-state index in [0.717, 1.165) is 0 Å². The summed E-state index contributed by atoms with van der Waals surface area (Å²) in [6, 6.07) is 10.3. The Bertz CT molecular complexity index is 527. The van der Waals surface area contributed by atoms with Gasteiger partial charge in [0.05, 0.1) is 11.3 Å². The first kappa shape index (κ1) is 12.4. The van der Waals surface area contributed by atoms with Crippen molar-refractivity contribution in [2.24, 2.45) is 11.3 Å². The van der Waals surface area contributed by atoms with Crippen molar-refractivity contribution < 1.29 is 14.3 Å². The minimum atomic E-state index is -0.667. The summed E-state index contributed by atoms with van der Waals surface area (Å²) >= 11 is 0. The number of carbonyl (C=O) groups is 2.